The quantitative estimate of drug-likeness (QED) is 0.741. The largest absolute Gasteiger partial charge is 0.416 e. The second-order valence-corrected chi connectivity index (χ2v) is 8.84. The van der Waals surface area contributed by atoms with Crippen molar-refractivity contribution in [3.05, 3.63) is 35.4 Å². The Morgan fingerprint density at radius 1 is 1.21 bits per heavy atom. The molecule has 1 aliphatic carbocycles. The zero-order valence-electron chi connectivity index (χ0n) is 18.1. The molecular formula is C22H24F3N5O3. The molecule has 1 aromatic carbocycles. The molecule has 176 valence electrons. The number of piperazine rings is 1. The summed E-state index contributed by atoms with van der Waals surface area (Å²) in [6.45, 7) is -0.181. The van der Waals surface area contributed by atoms with Gasteiger partial charge in [0.05, 0.1) is 24.7 Å². The van der Waals surface area contributed by atoms with E-state index in [9.17, 15) is 32.8 Å². The van der Waals surface area contributed by atoms with Crippen LogP contribution >= 0.6 is 0 Å². The maximum Gasteiger partial charge on any atom is 0.416 e. The van der Waals surface area contributed by atoms with Crippen LogP contribution in [0.1, 0.15) is 30.4 Å². The molecule has 4 amide bonds. The molecule has 1 aromatic rings. The number of amides is 4. The number of hydrogen-bond acceptors (Lipinski definition) is 4. The smallest absolute Gasteiger partial charge is 0.341 e. The zero-order valence-corrected chi connectivity index (χ0v) is 18.1. The van der Waals surface area contributed by atoms with Gasteiger partial charge < -0.3 is 20.0 Å². The van der Waals surface area contributed by atoms with Gasteiger partial charge in [-0.2, -0.15) is 18.4 Å². The summed E-state index contributed by atoms with van der Waals surface area (Å²) in [6.07, 6.45) is -2.68. The van der Waals surface area contributed by atoms with Crippen molar-refractivity contribution >= 4 is 17.8 Å². The van der Waals surface area contributed by atoms with Gasteiger partial charge in [-0.15, -0.1) is 0 Å². The Morgan fingerprint density at radius 3 is 2.42 bits per heavy atom. The zero-order chi connectivity index (χ0) is 24.0. The Bertz CT molecular complexity index is 998. The molecular weight excluding hydrogens is 439 g/mol. The standard InChI is InChI=1S/C22H24F3N5O3/c1-27-20(33)28-12-21(13-28)19(32)29(17-7-4-15(8-17)9-26)11-18(31)30(21)10-14-2-5-16(6-3-14)22(23,24)25/h2-3,5-6,15,17H,4,7-8,10-13H2,1H3,(H,27,33)/t15?,17-/m1/s1. The van der Waals surface area contributed by atoms with Crippen LogP contribution in [0.5, 0.6) is 0 Å². The van der Waals surface area contributed by atoms with Gasteiger partial charge in [-0.25, -0.2) is 4.79 Å². The number of nitrogens with zero attached hydrogens (tertiary/aromatic N) is 4. The first-order chi connectivity index (χ1) is 15.6. The van der Waals surface area contributed by atoms with Gasteiger partial charge >= 0.3 is 12.2 Å². The lowest BCUT2D eigenvalue weighted by molar-refractivity contribution is -0.179. The summed E-state index contributed by atoms with van der Waals surface area (Å²) < 4.78 is 38.7. The first kappa shape index (κ1) is 22.9. The second-order valence-electron chi connectivity index (χ2n) is 8.84. The molecule has 11 heteroatoms. The summed E-state index contributed by atoms with van der Waals surface area (Å²) in [5, 5.41) is 11.7. The van der Waals surface area contributed by atoms with Crippen LogP contribution in [0.3, 0.4) is 0 Å². The van der Waals surface area contributed by atoms with Gasteiger partial charge in [0.15, 0.2) is 5.54 Å². The van der Waals surface area contributed by atoms with Crippen molar-refractivity contribution < 1.29 is 27.6 Å². The first-order valence-corrected chi connectivity index (χ1v) is 10.7. The lowest BCUT2D eigenvalue weighted by atomic mass is 9.82. The summed E-state index contributed by atoms with van der Waals surface area (Å²) in [5.74, 6) is -0.771. The van der Waals surface area contributed by atoms with E-state index in [0.717, 1.165) is 12.1 Å². The van der Waals surface area contributed by atoms with Crippen molar-refractivity contribution in [3.8, 4) is 6.07 Å². The highest BCUT2D eigenvalue weighted by atomic mass is 19.4. The molecule has 1 N–H and O–H groups in total. The predicted octanol–water partition coefficient (Wildman–Crippen LogP) is 1.96. The fourth-order valence-corrected chi connectivity index (χ4v) is 4.99. The molecule has 1 spiro atoms. The number of urea groups is 1. The average Bonchev–Trinajstić information content (AvgIpc) is 3.23. The molecule has 3 aliphatic rings. The minimum atomic E-state index is -4.47. The molecule has 1 saturated carbocycles. The Kier molecular flexibility index (Phi) is 5.72. The molecule has 2 saturated heterocycles. The van der Waals surface area contributed by atoms with Crippen LogP contribution in [0.2, 0.25) is 0 Å². The molecule has 0 aromatic heterocycles. The monoisotopic (exact) mass is 463 g/mol. The van der Waals surface area contributed by atoms with Gasteiger partial charge in [0.2, 0.25) is 5.91 Å². The van der Waals surface area contributed by atoms with Crippen LogP contribution in [0, 0.1) is 17.2 Å². The van der Waals surface area contributed by atoms with Crippen LogP contribution < -0.4 is 5.32 Å². The predicted molar refractivity (Wildman–Crippen MR) is 109 cm³/mol. The number of likely N-dealkylation sites (tertiary alicyclic amines) is 1. The van der Waals surface area contributed by atoms with Crippen LogP contribution in [0.25, 0.3) is 0 Å². The Labute approximate surface area is 188 Å². The highest BCUT2D eigenvalue weighted by molar-refractivity contribution is 6.00. The van der Waals surface area contributed by atoms with E-state index in [1.54, 1.807) is 0 Å². The fourth-order valence-electron chi connectivity index (χ4n) is 4.99. The van der Waals surface area contributed by atoms with E-state index in [4.69, 9.17) is 0 Å². The Morgan fingerprint density at radius 2 is 1.88 bits per heavy atom. The van der Waals surface area contributed by atoms with Crippen LogP contribution in [-0.2, 0) is 22.3 Å². The molecule has 0 radical (unpaired) electrons. The number of rotatable bonds is 3. The van der Waals surface area contributed by atoms with E-state index in [1.807, 2.05) is 0 Å². The van der Waals surface area contributed by atoms with E-state index in [-0.39, 0.29) is 56.0 Å². The summed E-state index contributed by atoms with van der Waals surface area (Å²) in [4.78, 5) is 43.3. The molecule has 33 heavy (non-hydrogen) atoms. The molecule has 3 fully saturated rings. The van der Waals surface area contributed by atoms with Crippen molar-refractivity contribution in [1.82, 2.24) is 20.0 Å². The van der Waals surface area contributed by atoms with E-state index in [2.05, 4.69) is 11.4 Å². The molecule has 4 rings (SSSR count). The molecule has 2 heterocycles. The molecule has 0 bridgehead atoms. The lowest BCUT2D eigenvalue weighted by Gasteiger charge is -2.58. The maximum atomic E-state index is 13.6. The Balaban J connectivity index is 1.59. The summed E-state index contributed by atoms with van der Waals surface area (Å²) >= 11 is 0. The van der Waals surface area contributed by atoms with Gasteiger partial charge in [-0.3, -0.25) is 9.59 Å². The van der Waals surface area contributed by atoms with Gasteiger partial charge in [0.1, 0.15) is 6.54 Å². The third kappa shape index (κ3) is 3.98. The van der Waals surface area contributed by atoms with Gasteiger partial charge in [-0.05, 0) is 37.0 Å². The van der Waals surface area contributed by atoms with Crippen molar-refractivity contribution in [3.63, 3.8) is 0 Å². The minimum Gasteiger partial charge on any atom is -0.341 e. The maximum absolute atomic E-state index is 13.6. The van der Waals surface area contributed by atoms with Crippen LogP contribution in [-0.4, -0.2) is 70.8 Å². The molecule has 8 nitrogen and oxygen atoms in total. The minimum absolute atomic E-state index is 0.00276. The lowest BCUT2D eigenvalue weighted by Crippen LogP contribution is -2.82. The molecule has 2 atom stereocenters. The number of nitrogens with one attached hydrogen (secondary N) is 1. The number of alkyl halides is 3. The van der Waals surface area contributed by atoms with Crippen LogP contribution in [0.15, 0.2) is 24.3 Å². The number of nitriles is 1. The van der Waals surface area contributed by atoms with Gasteiger partial charge in [0.25, 0.3) is 5.91 Å². The summed E-state index contributed by atoms with van der Waals surface area (Å²) in [7, 11) is 1.47. The number of carbonyl (C=O) groups excluding carboxylic acids is 3. The first-order valence-electron chi connectivity index (χ1n) is 10.7. The van der Waals surface area contributed by atoms with E-state index < -0.39 is 17.3 Å². The second kappa shape index (κ2) is 8.24. The van der Waals surface area contributed by atoms with Crippen molar-refractivity contribution in [1.29, 1.82) is 5.26 Å². The molecule has 2 aliphatic heterocycles. The van der Waals surface area contributed by atoms with E-state index >= 15 is 0 Å². The third-order valence-corrected chi connectivity index (χ3v) is 6.84. The van der Waals surface area contributed by atoms with Crippen molar-refractivity contribution in [2.75, 3.05) is 26.7 Å². The normalized spacial score (nSPS) is 24.6. The summed E-state index contributed by atoms with van der Waals surface area (Å²) in [5.41, 5.74) is -1.60. The van der Waals surface area contributed by atoms with E-state index in [1.165, 1.54) is 33.9 Å². The SMILES string of the molecule is CNC(=O)N1CC2(C1)C(=O)N([C@@H]1CCC(C#N)C1)CC(=O)N2Cc1ccc(C(F)(F)F)cc1. The van der Waals surface area contributed by atoms with Crippen LogP contribution in [0.4, 0.5) is 18.0 Å². The number of halogens is 3. The highest BCUT2D eigenvalue weighted by Gasteiger charge is 2.61. The van der Waals surface area contributed by atoms with Gasteiger partial charge in [-0.1, -0.05) is 12.1 Å². The van der Waals surface area contributed by atoms with E-state index in [0.29, 0.717) is 24.8 Å². The number of benzene rings is 1. The van der Waals surface area contributed by atoms with Gasteiger partial charge in [0, 0.05) is 25.6 Å². The summed E-state index contributed by atoms with van der Waals surface area (Å²) in [6, 6.07) is 6.11. The number of hydrogen-bond donors (Lipinski definition) is 1. The molecule has 1 unspecified atom stereocenters. The Hall–Kier alpha value is -3.29. The van der Waals surface area contributed by atoms with Crippen molar-refractivity contribution in [2.24, 2.45) is 5.92 Å². The third-order valence-electron chi connectivity index (χ3n) is 6.84. The topological polar surface area (TPSA) is 96.7 Å². The number of carbonyl (C=O) groups is 3. The fraction of sp³-hybridized carbons (Fsp3) is 0.545. The highest BCUT2D eigenvalue weighted by Crippen LogP contribution is 2.39. The van der Waals surface area contributed by atoms with Crippen molar-refractivity contribution in [2.45, 2.75) is 43.6 Å². The average molecular weight is 463 g/mol.